The standard InChI is InChI=1S/C32H34FN7O3/c1-20-35-26-8-7-23(33)14-28(26)40(20)18-30(41)39-11-10-38(16-21-9-12-43-19-21)17-29(39)31-34-15-27(36-31)24-13-22-5-3-4-6-25(22)37-32(24)42-2/h3-8,13-15,21,29H,9-12,16-19H2,1-2H3,(H,34,36). The number of imidazole rings is 2. The molecule has 2 atom stereocenters. The number of nitrogens with one attached hydrogen (secondary N) is 1. The number of carbonyl (C=O) groups excluding carboxylic acids is 1. The lowest BCUT2D eigenvalue weighted by Crippen LogP contribution is -2.52. The van der Waals surface area contributed by atoms with Crippen LogP contribution in [0.5, 0.6) is 5.88 Å². The minimum atomic E-state index is -0.356. The number of halogens is 1. The Kier molecular flexibility index (Phi) is 7.28. The molecule has 0 spiro atoms. The van der Waals surface area contributed by atoms with Crippen LogP contribution in [0.4, 0.5) is 4.39 Å². The lowest BCUT2D eigenvalue weighted by molar-refractivity contribution is -0.137. The number of hydrogen-bond donors (Lipinski definition) is 1. The number of hydrogen-bond acceptors (Lipinski definition) is 7. The van der Waals surface area contributed by atoms with Crippen LogP contribution in [0.2, 0.25) is 0 Å². The van der Waals surface area contributed by atoms with Crippen molar-refractivity contribution in [3.63, 3.8) is 0 Å². The maximum atomic E-state index is 14.1. The zero-order chi connectivity index (χ0) is 29.5. The van der Waals surface area contributed by atoms with Gasteiger partial charge in [0, 0.05) is 38.2 Å². The monoisotopic (exact) mass is 583 g/mol. The Bertz CT molecular complexity index is 1790. The van der Waals surface area contributed by atoms with Crippen LogP contribution in [0.3, 0.4) is 0 Å². The van der Waals surface area contributed by atoms with E-state index in [-0.39, 0.29) is 24.3 Å². The van der Waals surface area contributed by atoms with Crippen LogP contribution in [0.15, 0.2) is 54.7 Å². The molecule has 7 rings (SSSR count). The number of carbonyl (C=O) groups is 1. The van der Waals surface area contributed by atoms with Crippen LogP contribution in [-0.2, 0) is 16.1 Å². The number of aryl methyl sites for hydroxylation is 1. The van der Waals surface area contributed by atoms with Crippen molar-refractivity contribution in [2.75, 3.05) is 46.5 Å². The zero-order valence-corrected chi connectivity index (χ0v) is 24.3. The van der Waals surface area contributed by atoms with Gasteiger partial charge in [-0.1, -0.05) is 18.2 Å². The number of ether oxygens (including phenoxy) is 2. The number of methoxy groups -OCH3 is 1. The summed E-state index contributed by atoms with van der Waals surface area (Å²) in [5.74, 6) is 1.93. The predicted octanol–water partition coefficient (Wildman–Crippen LogP) is 4.35. The maximum Gasteiger partial charge on any atom is 0.243 e. The topological polar surface area (TPSA) is 101 Å². The number of amides is 1. The molecular weight excluding hydrogens is 549 g/mol. The number of fused-ring (bicyclic) bond motifs is 2. The van der Waals surface area contributed by atoms with Crippen LogP contribution in [0, 0.1) is 18.7 Å². The Labute approximate surface area is 248 Å². The van der Waals surface area contributed by atoms with Gasteiger partial charge >= 0.3 is 0 Å². The highest BCUT2D eigenvalue weighted by Crippen LogP contribution is 2.33. The fourth-order valence-electron chi connectivity index (χ4n) is 6.36. The number of rotatable bonds is 7. The first-order valence-corrected chi connectivity index (χ1v) is 14.7. The van der Waals surface area contributed by atoms with Crippen LogP contribution in [0.1, 0.15) is 24.1 Å². The number of piperazine rings is 1. The van der Waals surface area contributed by atoms with Gasteiger partial charge in [-0.3, -0.25) is 9.69 Å². The highest BCUT2D eigenvalue weighted by Gasteiger charge is 2.35. The van der Waals surface area contributed by atoms with E-state index in [1.54, 1.807) is 23.9 Å². The van der Waals surface area contributed by atoms with Crippen LogP contribution >= 0.6 is 0 Å². The molecule has 43 heavy (non-hydrogen) atoms. The first-order valence-electron chi connectivity index (χ1n) is 14.7. The Morgan fingerprint density at radius 2 is 2.02 bits per heavy atom. The molecule has 0 bridgehead atoms. The number of H-pyrrole nitrogens is 1. The molecular formula is C32H34FN7O3. The van der Waals surface area contributed by atoms with E-state index in [2.05, 4.69) is 14.9 Å². The summed E-state index contributed by atoms with van der Waals surface area (Å²) in [5, 5.41) is 0.994. The summed E-state index contributed by atoms with van der Waals surface area (Å²) >= 11 is 0. The molecule has 10 nitrogen and oxygen atoms in total. The van der Waals surface area contributed by atoms with Gasteiger partial charge in [-0.15, -0.1) is 0 Å². The van der Waals surface area contributed by atoms with Crippen molar-refractivity contribution in [1.82, 2.24) is 34.3 Å². The molecule has 1 amide bonds. The summed E-state index contributed by atoms with van der Waals surface area (Å²) in [5.41, 5.74) is 3.70. The molecule has 2 saturated heterocycles. The molecule has 5 aromatic rings. The first kappa shape index (κ1) is 27.5. The summed E-state index contributed by atoms with van der Waals surface area (Å²) in [4.78, 5) is 35.8. The fraction of sp³-hybridized carbons (Fsp3) is 0.375. The van der Waals surface area contributed by atoms with E-state index in [0.29, 0.717) is 47.6 Å². The van der Waals surface area contributed by atoms with Crippen molar-refractivity contribution in [1.29, 1.82) is 0 Å². The summed E-state index contributed by atoms with van der Waals surface area (Å²) in [6.07, 6.45) is 2.83. The lowest BCUT2D eigenvalue weighted by Gasteiger charge is -2.41. The largest absolute Gasteiger partial charge is 0.480 e. The number of pyridine rings is 1. The minimum Gasteiger partial charge on any atom is -0.480 e. The summed E-state index contributed by atoms with van der Waals surface area (Å²) in [6.45, 7) is 6.34. The van der Waals surface area contributed by atoms with E-state index < -0.39 is 0 Å². The highest BCUT2D eigenvalue weighted by molar-refractivity contribution is 5.85. The zero-order valence-electron chi connectivity index (χ0n) is 24.3. The number of aromatic nitrogens is 5. The van der Waals surface area contributed by atoms with Gasteiger partial charge in [0.15, 0.2) is 0 Å². The van der Waals surface area contributed by atoms with Crippen LogP contribution in [0.25, 0.3) is 33.2 Å². The molecule has 0 saturated carbocycles. The van der Waals surface area contributed by atoms with Gasteiger partial charge in [0.1, 0.15) is 30.1 Å². The van der Waals surface area contributed by atoms with Crippen molar-refractivity contribution < 1.29 is 18.7 Å². The van der Waals surface area contributed by atoms with E-state index in [0.717, 1.165) is 54.9 Å². The molecule has 2 aromatic carbocycles. The van der Waals surface area contributed by atoms with Crippen molar-refractivity contribution in [3.05, 3.63) is 72.2 Å². The Balaban J connectivity index is 1.21. The highest BCUT2D eigenvalue weighted by atomic mass is 19.1. The van der Waals surface area contributed by atoms with Gasteiger partial charge in [0.05, 0.1) is 47.7 Å². The van der Waals surface area contributed by atoms with E-state index in [1.165, 1.54) is 12.1 Å². The molecule has 2 fully saturated rings. The molecule has 2 aliphatic rings. The number of benzene rings is 2. The molecule has 0 radical (unpaired) electrons. The van der Waals surface area contributed by atoms with Crippen LogP contribution in [-0.4, -0.2) is 86.7 Å². The average Bonchev–Trinajstić information content (AvgIpc) is 3.78. The third-order valence-electron chi connectivity index (χ3n) is 8.60. The third-order valence-corrected chi connectivity index (χ3v) is 8.60. The van der Waals surface area contributed by atoms with Crippen LogP contribution < -0.4 is 4.74 Å². The Hall–Kier alpha value is -4.35. The Morgan fingerprint density at radius 3 is 2.86 bits per heavy atom. The molecule has 1 N–H and O–H groups in total. The van der Waals surface area contributed by atoms with E-state index >= 15 is 0 Å². The normalized spacial score (nSPS) is 19.5. The summed E-state index contributed by atoms with van der Waals surface area (Å²) < 4.78 is 27.2. The molecule has 222 valence electrons. The molecule has 0 aliphatic carbocycles. The van der Waals surface area contributed by atoms with Crippen molar-refractivity contribution in [2.24, 2.45) is 5.92 Å². The van der Waals surface area contributed by atoms with Gasteiger partial charge in [0.25, 0.3) is 0 Å². The number of aromatic amines is 1. The smallest absolute Gasteiger partial charge is 0.243 e. The van der Waals surface area contributed by atoms with Gasteiger partial charge in [0.2, 0.25) is 11.8 Å². The second-order valence-electron chi connectivity index (χ2n) is 11.4. The molecule has 11 heteroatoms. The lowest BCUT2D eigenvalue weighted by atomic mass is 10.1. The van der Waals surface area contributed by atoms with Gasteiger partial charge in [-0.05, 0) is 49.6 Å². The van der Waals surface area contributed by atoms with Crippen molar-refractivity contribution in [3.8, 4) is 17.1 Å². The van der Waals surface area contributed by atoms with E-state index in [4.69, 9.17) is 19.4 Å². The quantitative estimate of drug-likeness (QED) is 0.304. The minimum absolute atomic E-state index is 0.0642. The van der Waals surface area contributed by atoms with Gasteiger partial charge < -0.3 is 23.9 Å². The first-order chi connectivity index (χ1) is 21.0. The van der Waals surface area contributed by atoms with Gasteiger partial charge in [-0.25, -0.2) is 19.3 Å². The van der Waals surface area contributed by atoms with Crippen molar-refractivity contribution in [2.45, 2.75) is 25.9 Å². The second-order valence-corrected chi connectivity index (χ2v) is 11.4. The van der Waals surface area contributed by atoms with E-state index in [9.17, 15) is 9.18 Å². The molecule has 2 aliphatic heterocycles. The molecule has 2 unspecified atom stereocenters. The average molecular weight is 584 g/mol. The summed E-state index contributed by atoms with van der Waals surface area (Å²) in [6, 6.07) is 14.1. The van der Waals surface area contributed by atoms with Gasteiger partial charge in [-0.2, -0.15) is 0 Å². The van der Waals surface area contributed by atoms with Crippen molar-refractivity contribution >= 4 is 27.8 Å². The molecule has 3 aromatic heterocycles. The maximum absolute atomic E-state index is 14.1. The molecule has 5 heterocycles. The second kappa shape index (κ2) is 11.4. The van der Waals surface area contributed by atoms with E-state index in [1.807, 2.05) is 42.2 Å². The Morgan fingerprint density at radius 1 is 1.14 bits per heavy atom. The summed E-state index contributed by atoms with van der Waals surface area (Å²) in [7, 11) is 1.61. The third kappa shape index (κ3) is 5.34. The number of para-hydroxylation sites is 1. The SMILES string of the molecule is COc1nc2ccccc2cc1-c1cnc(C2CN(CC3CCOC3)CCN2C(=O)Cn2c(C)nc3ccc(F)cc32)[nH]1. The fourth-order valence-corrected chi connectivity index (χ4v) is 6.36. The predicted molar refractivity (Wildman–Crippen MR) is 160 cm³/mol. The number of nitrogens with zero attached hydrogens (tertiary/aromatic N) is 6.